The number of thiophene rings is 1. The Balaban J connectivity index is 1.32. The van der Waals surface area contributed by atoms with Gasteiger partial charge in [0.2, 0.25) is 0 Å². The normalized spacial score (nSPS) is 21.4. The van der Waals surface area contributed by atoms with Gasteiger partial charge in [-0.3, -0.25) is 4.79 Å². The molecule has 3 saturated heterocycles. The minimum Gasteiger partial charge on any atom is -0.363 e. The number of likely N-dealkylation sites (tertiary alicyclic amines) is 2. The van der Waals surface area contributed by atoms with Crippen LogP contribution in [0.1, 0.15) is 61.0 Å². The molecule has 0 radical (unpaired) electrons. The molecule has 0 atom stereocenters. The molecule has 166 valence electrons. The van der Waals surface area contributed by atoms with E-state index in [1.807, 2.05) is 0 Å². The molecule has 31 heavy (non-hydrogen) atoms. The highest BCUT2D eigenvalue weighted by Gasteiger charge is 2.30. The highest BCUT2D eigenvalue weighted by Crippen LogP contribution is 2.40. The molecule has 0 unspecified atom stereocenters. The monoisotopic (exact) mass is 437 g/mol. The molecule has 0 bridgehead atoms. The number of carbonyl (C=O) groups excluding carboxylic acids is 1. The van der Waals surface area contributed by atoms with Crippen LogP contribution in [0, 0.1) is 0 Å². The third-order valence-corrected chi connectivity index (χ3v) is 8.49. The largest absolute Gasteiger partial charge is 0.363 e. The predicted octanol–water partition coefficient (Wildman–Crippen LogP) is 5.50. The molecule has 3 fully saturated rings. The maximum Gasteiger partial charge on any atom is 0.264 e. The lowest BCUT2D eigenvalue weighted by Gasteiger charge is -2.40. The first kappa shape index (κ1) is 21.0. The molecule has 1 aromatic carbocycles. The summed E-state index contributed by atoms with van der Waals surface area (Å²) in [6, 6.07) is 13.5. The lowest BCUT2D eigenvalue weighted by atomic mass is 9.99. The number of anilines is 1. The SMILES string of the molecule is O=C(c1cc(-c2ccccc2)c(N2CCCCC2)s1)N1CCC(N2CCCCC2)CC1. The molecule has 1 aromatic heterocycles. The second kappa shape index (κ2) is 9.74. The van der Waals surface area contributed by atoms with Gasteiger partial charge in [0, 0.05) is 37.8 Å². The molecule has 5 heteroatoms. The Morgan fingerprint density at radius 3 is 2.13 bits per heavy atom. The van der Waals surface area contributed by atoms with Crippen molar-refractivity contribution >= 4 is 22.2 Å². The lowest BCUT2D eigenvalue weighted by Crippen LogP contribution is -2.48. The van der Waals surface area contributed by atoms with Crippen molar-refractivity contribution in [2.24, 2.45) is 0 Å². The van der Waals surface area contributed by atoms with Crippen LogP contribution in [0.4, 0.5) is 5.00 Å². The number of hydrogen-bond donors (Lipinski definition) is 0. The van der Waals surface area contributed by atoms with E-state index in [4.69, 9.17) is 0 Å². The third kappa shape index (κ3) is 4.68. The van der Waals surface area contributed by atoms with Gasteiger partial charge >= 0.3 is 0 Å². The zero-order valence-corrected chi connectivity index (χ0v) is 19.4. The summed E-state index contributed by atoms with van der Waals surface area (Å²) < 4.78 is 0. The van der Waals surface area contributed by atoms with Gasteiger partial charge < -0.3 is 14.7 Å². The highest BCUT2D eigenvalue weighted by atomic mass is 32.1. The second-order valence-electron chi connectivity index (χ2n) is 9.36. The molecule has 0 spiro atoms. The van der Waals surface area contributed by atoms with Crippen LogP contribution in [0.5, 0.6) is 0 Å². The van der Waals surface area contributed by atoms with E-state index < -0.39 is 0 Å². The maximum atomic E-state index is 13.5. The summed E-state index contributed by atoms with van der Waals surface area (Å²) in [6.45, 7) is 6.52. The van der Waals surface area contributed by atoms with Crippen molar-refractivity contribution in [3.05, 3.63) is 41.3 Å². The van der Waals surface area contributed by atoms with Crippen LogP contribution < -0.4 is 4.90 Å². The number of amides is 1. The van der Waals surface area contributed by atoms with Crippen molar-refractivity contribution in [1.82, 2.24) is 9.80 Å². The standard InChI is InChI=1S/C26H35N3OS/c30-25(28-18-12-22(13-19-28)27-14-6-2-7-15-27)24-20-23(21-10-4-1-5-11-21)26(31-24)29-16-8-3-9-17-29/h1,4-5,10-11,20,22H,2-3,6-9,12-19H2. The summed E-state index contributed by atoms with van der Waals surface area (Å²) in [5.41, 5.74) is 2.46. The van der Waals surface area contributed by atoms with Crippen molar-refractivity contribution < 1.29 is 4.79 Å². The van der Waals surface area contributed by atoms with E-state index in [-0.39, 0.29) is 5.91 Å². The first-order valence-corrected chi connectivity index (χ1v) is 13.1. The van der Waals surface area contributed by atoms with Crippen molar-refractivity contribution in [3.63, 3.8) is 0 Å². The Hall–Kier alpha value is -1.85. The minimum atomic E-state index is 0.238. The predicted molar refractivity (Wildman–Crippen MR) is 130 cm³/mol. The Bertz CT molecular complexity index is 860. The second-order valence-corrected chi connectivity index (χ2v) is 10.4. The van der Waals surface area contributed by atoms with Gasteiger partial charge in [-0.1, -0.05) is 36.8 Å². The molecule has 0 N–H and O–H groups in total. The van der Waals surface area contributed by atoms with Gasteiger partial charge in [-0.2, -0.15) is 0 Å². The fourth-order valence-corrected chi connectivity index (χ4v) is 6.72. The zero-order chi connectivity index (χ0) is 21.0. The number of nitrogens with zero attached hydrogens (tertiary/aromatic N) is 3. The van der Waals surface area contributed by atoms with Gasteiger partial charge in [-0.25, -0.2) is 0 Å². The van der Waals surface area contributed by atoms with Gasteiger partial charge in [0.05, 0.1) is 9.88 Å². The van der Waals surface area contributed by atoms with Crippen molar-refractivity contribution in [1.29, 1.82) is 0 Å². The molecule has 4 heterocycles. The zero-order valence-electron chi connectivity index (χ0n) is 18.6. The lowest BCUT2D eigenvalue weighted by molar-refractivity contribution is 0.0594. The van der Waals surface area contributed by atoms with E-state index in [1.54, 1.807) is 11.3 Å². The Labute approximate surface area is 190 Å². The van der Waals surface area contributed by atoms with Gasteiger partial charge in [0.25, 0.3) is 5.91 Å². The summed E-state index contributed by atoms with van der Waals surface area (Å²) in [7, 11) is 0. The maximum absolute atomic E-state index is 13.5. The van der Waals surface area contributed by atoms with Gasteiger partial charge in [0.15, 0.2) is 0 Å². The summed E-state index contributed by atoms with van der Waals surface area (Å²) in [5, 5.41) is 1.29. The van der Waals surface area contributed by atoms with Crippen LogP contribution >= 0.6 is 11.3 Å². The van der Waals surface area contributed by atoms with E-state index in [1.165, 1.54) is 67.7 Å². The number of hydrogen-bond acceptors (Lipinski definition) is 4. The molecule has 3 aliphatic rings. The molecule has 0 saturated carbocycles. The topological polar surface area (TPSA) is 26.8 Å². The van der Waals surface area contributed by atoms with E-state index in [9.17, 15) is 4.79 Å². The fourth-order valence-electron chi connectivity index (χ4n) is 5.52. The van der Waals surface area contributed by atoms with Crippen LogP contribution in [-0.2, 0) is 0 Å². The van der Waals surface area contributed by atoms with Gasteiger partial charge in [0.1, 0.15) is 0 Å². The number of rotatable bonds is 4. The molecule has 2 aromatic rings. The molecule has 0 aliphatic carbocycles. The van der Waals surface area contributed by atoms with Crippen molar-refractivity contribution in [3.8, 4) is 11.1 Å². The number of piperidine rings is 3. The molecule has 4 nitrogen and oxygen atoms in total. The van der Waals surface area contributed by atoms with Crippen LogP contribution in [0.15, 0.2) is 36.4 Å². The minimum absolute atomic E-state index is 0.238. The van der Waals surface area contributed by atoms with E-state index in [0.29, 0.717) is 6.04 Å². The Morgan fingerprint density at radius 1 is 0.806 bits per heavy atom. The average molecular weight is 438 g/mol. The first-order chi connectivity index (χ1) is 15.3. The molecular formula is C26H35N3OS. The van der Waals surface area contributed by atoms with E-state index in [0.717, 1.165) is 43.9 Å². The smallest absolute Gasteiger partial charge is 0.264 e. The summed E-state index contributed by atoms with van der Waals surface area (Å²) >= 11 is 1.72. The fraction of sp³-hybridized carbons (Fsp3) is 0.577. The summed E-state index contributed by atoms with van der Waals surface area (Å²) in [5.74, 6) is 0.238. The van der Waals surface area contributed by atoms with Crippen LogP contribution in [0.3, 0.4) is 0 Å². The van der Waals surface area contributed by atoms with Crippen LogP contribution in [0.2, 0.25) is 0 Å². The molecule has 3 aliphatic heterocycles. The summed E-state index contributed by atoms with van der Waals surface area (Å²) in [4.78, 5) is 21.7. The third-order valence-electron chi connectivity index (χ3n) is 7.31. The van der Waals surface area contributed by atoms with E-state index in [2.05, 4.69) is 51.1 Å². The van der Waals surface area contributed by atoms with Crippen LogP contribution in [-0.4, -0.2) is 61.0 Å². The van der Waals surface area contributed by atoms with Crippen molar-refractivity contribution in [2.75, 3.05) is 44.2 Å². The molecule has 1 amide bonds. The van der Waals surface area contributed by atoms with E-state index >= 15 is 0 Å². The number of carbonyl (C=O) groups is 1. The van der Waals surface area contributed by atoms with Gasteiger partial charge in [-0.05, 0) is 69.7 Å². The average Bonchev–Trinajstić information content (AvgIpc) is 3.31. The quantitative estimate of drug-likeness (QED) is 0.632. The first-order valence-electron chi connectivity index (χ1n) is 12.3. The Kier molecular flexibility index (Phi) is 6.61. The van der Waals surface area contributed by atoms with Crippen molar-refractivity contribution in [2.45, 2.75) is 57.4 Å². The van der Waals surface area contributed by atoms with Gasteiger partial charge in [-0.15, -0.1) is 11.3 Å². The number of benzene rings is 1. The van der Waals surface area contributed by atoms with Crippen LogP contribution in [0.25, 0.3) is 11.1 Å². The summed E-state index contributed by atoms with van der Waals surface area (Å²) in [6.07, 6.45) is 10.1. The molecule has 5 rings (SSSR count). The molecular weight excluding hydrogens is 402 g/mol. The Morgan fingerprint density at radius 2 is 1.45 bits per heavy atom. The highest BCUT2D eigenvalue weighted by molar-refractivity contribution is 7.18.